The van der Waals surface area contributed by atoms with Crippen molar-refractivity contribution >= 4 is 23.7 Å². The molecule has 10 N–H and O–H groups in total. The van der Waals surface area contributed by atoms with Gasteiger partial charge in [-0.25, -0.2) is 4.79 Å². The maximum Gasteiger partial charge on any atom is 0.326 e. The number of carboxylic acid groups (broad SMARTS) is 1. The molecule has 0 saturated heterocycles. The zero-order valence-corrected chi connectivity index (χ0v) is 17.5. The van der Waals surface area contributed by atoms with E-state index in [1.165, 1.54) is 0 Å². The van der Waals surface area contributed by atoms with Gasteiger partial charge in [-0.15, -0.1) is 0 Å². The minimum Gasteiger partial charge on any atom is -0.480 e. The molecule has 174 valence electrons. The van der Waals surface area contributed by atoms with Crippen molar-refractivity contribution in [2.45, 2.75) is 63.7 Å². The highest BCUT2D eigenvalue weighted by Gasteiger charge is 2.31. The normalized spacial score (nSPS) is 15.9. The Hall–Kier alpha value is -2.28. The number of aliphatic hydroxyl groups excluding tert-OH is 2. The van der Waals surface area contributed by atoms with E-state index in [2.05, 4.69) is 16.0 Å². The average Bonchev–Trinajstić information content (AvgIpc) is 2.73. The smallest absolute Gasteiger partial charge is 0.326 e. The summed E-state index contributed by atoms with van der Waals surface area (Å²) >= 11 is 0. The number of nitrogens with two attached hydrogens (primary N) is 2. The van der Waals surface area contributed by atoms with E-state index in [4.69, 9.17) is 16.6 Å². The van der Waals surface area contributed by atoms with Crippen LogP contribution in [0.5, 0.6) is 0 Å². The SMILES string of the molecule is CCC(C)C(NC(=O)C(CO)NC(=O)C(CCCCN)NC(=O)C(N)CO)C(=O)O. The van der Waals surface area contributed by atoms with Gasteiger partial charge in [-0.1, -0.05) is 20.3 Å². The van der Waals surface area contributed by atoms with E-state index < -0.39 is 61.1 Å². The summed E-state index contributed by atoms with van der Waals surface area (Å²) in [6.45, 7) is 2.41. The van der Waals surface area contributed by atoms with Gasteiger partial charge < -0.3 is 42.7 Å². The number of rotatable bonds is 15. The summed E-state index contributed by atoms with van der Waals surface area (Å²) in [4.78, 5) is 48.3. The van der Waals surface area contributed by atoms with Crippen LogP contribution in [0.2, 0.25) is 0 Å². The zero-order chi connectivity index (χ0) is 23.3. The fraction of sp³-hybridized carbons (Fsp3) is 0.778. The molecule has 0 rings (SSSR count). The zero-order valence-electron chi connectivity index (χ0n) is 17.5. The lowest BCUT2D eigenvalue weighted by Gasteiger charge is -2.25. The predicted octanol–water partition coefficient (Wildman–Crippen LogP) is -2.99. The van der Waals surface area contributed by atoms with Crippen LogP contribution >= 0.6 is 0 Å². The Morgan fingerprint density at radius 1 is 0.900 bits per heavy atom. The highest BCUT2D eigenvalue weighted by Crippen LogP contribution is 2.08. The maximum absolute atomic E-state index is 12.6. The Kier molecular flexibility index (Phi) is 13.5. The van der Waals surface area contributed by atoms with Crippen molar-refractivity contribution in [3.63, 3.8) is 0 Å². The molecule has 5 atom stereocenters. The topological polar surface area (TPSA) is 217 Å². The average molecular weight is 434 g/mol. The van der Waals surface area contributed by atoms with Crippen molar-refractivity contribution in [3.05, 3.63) is 0 Å². The summed E-state index contributed by atoms with van der Waals surface area (Å²) < 4.78 is 0. The molecule has 0 saturated carbocycles. The van der Waals surface area contributed by atoms with E-state index in [9.17, 15) is 29.4 Å². The summed E-state index contributed by atoms with van der Waals surface area (Å²) in [6.07, 6.45) is 1.77. The summed E-state index contributed by atoms with van der Waals surface area (Å²) in [7, 11) is 0. The fourth-order valence-electron chi connectivity index (χ4n) is 2.53. The Balaban J connectivity index is 5.21. The lowest BCUT2D eigenvalue weighted by molar-refractivity contribution is -0.144. The summed E-state index contributed by atoms with van der Waals surface area (Å²) in [5, 5.41) is 34.8. The molecule has 0 fully saturated rings. The lowest BCUT2D eigenvalue weighted by Crippen LogP contribution is -2.58. The van der Waals surface area contributed by atoms with Crippen LogP contribution in [0.3, 0.4) is 0 Å². The number of amides is 3. The molecule has 0 spiro atoms. The van der Waals surface area contributed by atoms with Gasteiger partial charge in [-0.3, -0.25) is 14.4 Å². The molecule has 0 aliphatic heterocycles. The fourth-order valence-corrected chi connectivity index (χ4v) is 2.53. The van der Waals surface area contributed by atoms with Crippen molar-refractivity contribution in [2.24, 2.45) is 17.4 Å². The lowest BCUT2D eigenvalue weighted by atomic mass is 9.99. The molecular formula is C18H35N5O7. The van der Waals surface area contributed by atoms with Gasteiger partial charge in [0.15, 0.2) is 0 Å². The van der Waals surface area contributed by atoms with E-state index in [0.29, 0.717) is 25.8 Å². The molecule has 0 aliphatic rings. The predicted molar refractivity (Wildman–Crippen MR) is 108 cm³/mol. The number of hydrogen-bond donors (Lipinski definition) is 8. The highest BCUT2D eigenvalue weighted by molar-refractivity contribution is 5.94. The van der Waals surface area contributed by atoms with Crippen LogP contribution in [-0.4, -0.2) is 82.9 Å². The monoisotopic (exact) mass is 433 g/mol. The van der Waals surface area contributed by atoms with Gasteiger partial charge >= 0.3 is 5.97 Å². The van der Waals surface area contributed by atoms with Gasteiger partial charge in [0, 0.05) is 0 Å². The first-order chi connectivity index (χ1) is 14.1. The first-order valence-corrected chi connectivity index (χ1v) is 9.94. The molecule has 12 nitrogen and oxygen atoms in total. The van der Waals surface area contributed by atoms with Crippen LogP contribution < -0.4 is 27.4 Å². The van der Waals surface area contributed by atoms with E-state index in [0.717, 1.165) is 0 Å². The van der Waals surface area contributed by atoms with Gasteiger partial charge in [0.05, 0.1) is 13.2 Å². The molecule has 12 heteroatoms. The van der Waals surface area contributed by atoms with Crippen molar-refractivity contribution in [1.82, 2.24) is 16.0 Å². The number of carbonyl (C=O) groups excluding carboxylic acids is 3. The number of hydrogen-bond acceptors (Lipinski definition) is 8. The molecule has 0 aromatic carbocycles. The Labute approximate surface area is 175 Å². The van der Waals surface area contributed by atoms with E-state index in [-0.39, 0.29) is 12.3 Å². The van der Waals surface area contributed by atoms with Crippen LogP contribution in [0.15, 0.2) is 0 Å². The third-order valence-electron chi connectivity index (χ3n) is 4.71. The summed E-state index contributed by atoms with van der Waals surface area (Å²) in [6, 6.07) is -4.90. The standard InChI is InChI=1S/C18H35N5O7/c1-3-10(2)14(18(29)30)23-17(28)13(9-25)22-16(27)12(6-4-5-7-19)21-15(26)11(20)8-24/h10-14,24-25H,3-9,19-20H2,1-2H3,(H,21,26)(H,22,27)(H,23,28)(H,29,30). The number of aliphatic hydroxyl groups is 2. The first kappa shape index (κ1) is 27.7. The van der Waals surface area contributed by atoms with Crippen molar-refractivity contribution in [3.8, 4) is 0 Å². The molecule has 0 aromatic rings. The molecule has 0 radical (unpaired) electrons. The van der Waals surface area contributed by atoms with Gasteiger partial charge in [0.2, 0.25) is 17.7 Å². The van der Waals surface area contributed by atoms with E-state index in [1.807, 2.05) is 0 Å². The third kappa shape index (κ3) is 9.48. The van der Waals surface area contributed by atoms with E-state index in [1.54, 1.807) is 13.8 Å². The Morgan fingerprint density at radius 2 is 1.47 bits per heavy atom. The number of nitrogens with one attached hydrogen (secondary N) is 3. The first-order valence-electron chi connectivity index (χ1n) is 9.94. The largest absolute Gasteiger partial charge is 0.480 e. The van der Waals surface area contributed by atoms with Crippen molar-refractivity contribution in [2.75, 3.05) is 19.8 Å². The van der Waals surface area contributed by atoms with Crippen LogP contribution in [0.4, 0.5) is 0 Å². The maximum atomic E-state index is 12.6. The second-order valence-electron chi connectivity index (χ2n) is 7.09. The minimum absolute atomic E-state index is 0.192. The van der Waals surface area contributed by atoms with Crippen LogP contribution in [-0.2, 0) is 19.2 Å². The molecule has 0 bridgehead atoms. The second kappa shape index (κ2) is 14.7. The van der Waals surface area contributed by atoms with Crippen LogP contribution in [0, 0.1) is 5.92 Å². The molecule has 0 aromatic heterocycles. The van der Waals surface area contributed by atoms with Gasteiger partial charge in [-0.2, -0.15) is 0 Å². The number of aliphatic carboxylic acids is 1. The highest BCUT2D eigenvalue weighted by atomic mass is 16.4. The number of carboxylic acids is 1. The van der Waals surface area contributed by atoms with Gasteiger partial charge in [0.25, 0.3) is 0 Å². The van der Waals surface area contributed by atoms with Crippen LogP contribution in [0.25, 0.3) is 0 Å². The van der Waals surface area contributed by atoms with E-state index >= 15 is 0 Å². The van der Waals surface area contributed by atoms with Crippen LogP contribution in [0.1, 0.15) is 39.5 Å². The van der Waals surface area contributed by atoms with Gasteiger partial charge in [-0.05, 0) is 31.7 Å². The van der Waals surface area contributed by atoms with Gasteiger partial charge in [0.1, 0.15) is 24.2 Å². The minimum atomic E-state index is -1.41. The summed E-state index contributed by atoms with van der Waals surface area (Å²) in [5.41, 5.74) is 10.9. The Morgan fingerprint density at radius 3 is 1.93 bits per heavy atom. The van der Waals surface area contributed by atoms with Crippen molar-refractivity contribution < 1.29 is 34.5 Å². The van der Waals surface area contributed by atoms with Crippen molar-refractivity contribution in [1.29, 1.82) is 0 Å². The molecule has 0 aliphatic carbocycles. The Bertz CT molecular complexity index is 575. The molecular weight excluding hydrogens is 398 g/mol. The molecule has 5 unspecified atom stereocenters. The quantitative estimate of drug-likeness (QED) is 0.123. The molecule has 30 heavy (non-hydrogen) atoms. The number of carbonyl (C=O) groups is 4. The third-order valence-corrected chi connectivity index (χ3v) is 4.71. The number of unbranched alkanes of at least 4 members (excludes halogenated alkanes) is 1. The molecule has 3 amide bonds. The second-order valence-corrected chi connectivity index (χ2v) is 7.09. The molecule has 0 heterocycles. The summed E-state index contributed by atoms with van der Waals surface area (Å²) in [5.74, 6) is -3.97.